The molecule has 0 fully saturated rings. The average Bonchev–Trinajstić information content (AvgIpc) is 3.35. The molecule has 6 heteroatoms. The molecule has 0 radical (unpaired) electrons. The lowest BCUT2D eigenvalue weighted by molar-refractivity contribution is 1.17. The number of pyridine rings is 2. The van der Waals surface area contributed by atoms with Crippen LogP contribution in [0.2, 0.25) is 0 Å². The Hall–Kier alpha value is -7.96. The van der Waals surface area contributed by atoms with Gasteiger partial charge in [0.2, 0.25) is 0 Å². The van der Waals surface area contributed by atoms with E-state index in [-0.39, 0.29) is 0 Å². The van der Waals surface area contributed by atoms with Crippen molar-refractivity contribution in [3.05, 3.63) is 220 Å². The zero-order valence-corrected chi connectivity index (χ0v) is 34.6. The van der Waals surface area contributed by atoms with Gasteiger partial charge in [0.1, 0.15) is 12.7 Å². The monoisotopic (exact) mass is 790 g/mol. The molecule has 0 amide bonds. The highest BCUT2D eigenvalue weighted by atomic mass is 14.8. The van der Waals surface area contributed by atoms with Crippen molar-refractivity contribution >= 4 is 32.3 Å². The Labute approximate surface area is 357 Å². The molecule has 0 aliphatic heterocycles. The first kappa shape index (κ1) is 41.2. The fourth-order valence-electron chi connectivity index (χ4n) is 7.15. The van der Waals surface area contributed by atoms with E-state index in [0.717, 1.165) is 39.2 Å². The van der Waals surface area contributed by atoms with Gasteiger partial charge in [-0.2, -0.15) is 0 Å². The Morgan fingerprint density at radius 3 is 1.38 bits per heavy atom. The number of hydrogen-bond donors (Lipinski definition) is 0. The number of rotatable bonds is 6. The fourth-order valence-corrected chi connectivity index (χ4v) is 7.15. The van der Waals surface area contributed by atoms with Gasteiger partial charge in [0.05, 0.1) is 11.4 Å². The summed E-state index contributed by atoms with van der Waals surface area (Å²) in [7, 11) is 0. The number of hydrogen-bond acceptors (Lipinski definition) is 6. The summed E-state index contributed by atoms with van der Waals surface area (Å²) in [5.74, 6) is 0. The van der Waals surface area contributed by atoms with E-state index in [2.05, 4.69) is 140 Å². The lowest BCUT2D eigenvalue weighted by Crippen LogP contribution is -1.92. The van der Waals surface area contributed by atoms with Gasteiger partial charge < -0.3 is 0 Å². The molecule has 0 saturated heterocycles. The number of aromatic nitrogens is 6. The molecule has 0 unspecified atom stereocenters. The summed E-state index contributed by atoms with van der Waals surface area (Å²) in [6.07, 6.45) is 23.4. The number of nitrogens with zero attached hydrogens (tertiary/aromatic N) is 6. The summed E-state index contributed by atoms with van der Waals surface area (Å²) in [6.45, 7) is 9.42. The second-order valence-corrected chi connectivity index (χ2v) is 13.9. The molecule has 0 spiro atoms. The van der Waals surface area contributed by atoms with Crippen molar-refractivity contribution in [1.82, 2.24) is 29.9 Å². The minimum absolute atomic E-state index is 0.938. The van der Waals surface area contributed by atoms with Crippen LogP contribution >= 0.6 is 0 Å². The van der Waals surface area contributed by atoms with Gasteiger partial charge in [0, 0.05) is 53.9 Å². The summed E-state index contributed by atoms with van der Waals surface area (Å²) in [5, 5.41) is 7.50. The lowest BCUT2D eigenvalue weighted by Gasteiger charge is -2.17. The molecule has 61 heavy (non-hydrogen) atoms. The van der Waals surface area contributed by atoms with Crippen LogP contribution in [0.3, 0.4) is 0 Å². The minimum Gasteiger partial charge on any atom is -0.256 e. The molecule has 0 N–H and O–H groups in total. The Kier molecular flexibility index (Phi) is 13.9. The number of allylic oxidation sites excluding steroid dienone is 5. The molecular formula is C55H46N6. The summed E-state index contributed by atoms with van der Waals surface area (Å²) in [6, 6.07) is 47.3. The third kappa shape index (κ3) is 9.85. The molecule has 0 atom stereocenters. The predicted molar refractivity (Wildman–Crippen MR) is 256 cm³/mol. The molecule has 6 aromatic carbocycles. The van der Waals surface area contributed by atoms with Crippen LogP contribution in [0.25, 0.3) is 88.2 Å². The smallest absolute Gasteiger partial charge is 0.115 e. The van der Waals surface area contributed by atoms with Crippen molar-refractivity contribution in [3.8, 4) is 55.9 Å². The standard InChI is InChI=1S/C42H26N4.C5H8.C4H4N2.C4H8/c1-3-18-45-39(8-1)32-21-31(22-33(23-32)40-9-2-4-19-46-40)36-15-11-28-12-16-37-35(14-10-27-13-17-38(36)42(28)41(27)37)30-7-5-6-29(20-30)34-24-43-26-44-25-34;1-3-5-4-2;1-2-5-4-6-3-1;1-3-4-2/h1-26H;3-5H,1H2,2H3;1-4H;3-4H,1-2H3/b;5-4-;;4-3-. The average molecular weight is 791 g/mol. The zero-order valence-electron chi connectivity index (χ0n) is 34.6. The van der Waals surface area contributed by atoms with Crippen LogP contribution in [-0.2, 0) is 0 Å². The third-order valence-corrected chi connectivity index (χ3v) is 10.0. The van der Waals surface area contributed by atoms with Gasteiger partial charge in [-0.25, -0.2) is 19.9 Å². The highest BCUT2D eigenvalue weighted by Crippen LogP contribution is 2.43. The molecule has 10 rings (SSSR count). The first-order chi connectivity index (χ1) is 30.1. The summed E-state index contributed by atoms with van der Waals surface area (Å²) >= 11 is 0. The van der Waals surface area contributed by atoms with E-state index in [9.17, 15) is 0 Å². The van der Waals surface area contributed by atoms with Gasteiger partial charge in [0.25, 0.3) is 0 Å². The van der Waals surface area contributed by atoms with E-state index in [1.807, 2.05) is 94.1 Å². The van der Waals surface area contributed by atoms with Crippen LogP contribution in [0.5, 0.6) is 0 Å². The first-order valence-corrected chi connectivity index (χ1v) is 20.2. The van der Waals surface area contributed by atoms with E-state index in [1.54, 1.807) is 30.9 Å². The Bertz CT molecular complexity index is 2910. The quantitative estimate of drug-likeness (QED) is 0.0948. The zero-order chi connectivity index (χ0) is 42.2. The molecular weight excluding hydrogens is 745 g/mol. The van der Waals surface area contributed by atoms with Gasteiger partial charge in [0.15, 0.2) is 0 Å². The summed E-state index contributed by atoms with van der Waals surface area (Å²) in [5.41, 5.74) is 10.8. The summed E-state index contributed by atoms with van der Waals surface area (Å²) < 4.78 is 0. The van der Waals surface area contributed by atoms with Crippen molar-refractivity contribution in [2.75, 3.05) is 0 Å². The van der Waals surface area contributed by atoms with E-state index < -0.39 is 0 Å². The van der Waals surface area contributed by atoms with Crippen LogP contribution < -0.4 is 0 Å². The fraction of sp³-hybridized carbons (Fsp3) is 0.0545. The molecule has 0 aliphatic carbocycles. The summed E-state index contributed by atoms with van der Waals surface area (Å²) in [4.78, 5) is 25.2. The predicted octanol–water partition coefficient (Wildman–Crippen LogP) is 14.3. The Morgan fingerprint density at radius 1 is 0.410 bits per heavy atom. The largest absolute Gasteiger partial charge is 0.256 e. The SMILES string of the molecule is C/C=C\C.C=C/C=C\C.c1ccc(-c2cc(-c3ccccn3)cc(-c3ccc4ccc5c(-c6cccc(-c7cncnc7)c6)ccc6ccc3c4c65)c2)nc1.c1cncnc1. The minimum atomic E-state index is 0.938. The van der Waals surface area contributed by atoms with Crippen LogP contribution in [0.1, 0.15) is 20.8 Å². The van der Waals surface area contributed by atoms with Crippen molar-refractivity contribution < 1.29 is 0 Å². The topological polar surface area (TPSA) is 77.3 Å². The van der Waals surface area contributed by atoms with E-state index in [0.29, 0.717) is 0 Å². The van der Waals surface area contributed by atoms with E-state index >= 15 is 0 Å². The van der Waals surface area contributed by atoms with Gasteiger partial charge in [-0.1, -0.05) is 116 Å². The van der Waals surface area contributed by atoms with Crippen molar-refractivity contribution in [2.24, 2.45) is 0 Å². The molecule has 4 aromatic heterocycles. The molecule has 0 saturated carbocycles. The Balaban J connectivity index is 0.000000321. The van der Waals surface area contributed by atoms with Gasteiger partial charge in [-0.05, 0) is 136 Å². The van der Waals surface area contributed by atoms with Crippen LogP contribution in [0, 0.1) is 0 Å². The van der Waals surface area contributed by atoms with Crippen LogP contribution in [0.15, 0.2) is 220 Å². The van der Waals surface area contributed by atoms with Crippen molar-refractivity contribution in [2.45, 2.75) is 20.8 Å². The maximum Gasteiger partial charge on any atom is 0.115 e. The highest BCUT2D eigenvalue weighted by molar-refractivity contribution is 6.27. The van der Waals surface area contributed by atoms with Gasteiger partial charge in [-0.3, -0.25) is 9.97 Å². The second kappa shape index (κ2) is 20.6. The van der Waals surface area contributed by atoms with Crippen LogP contribution in [0.4, 0.5) is 0 Å². The Morgan fingerprint density at radius 2 is 0.918 bits per heavy atom. The van der Waals surface area contributed by atoms with Gasteiger partial charge >= 0.3 is 0 Å². The molecule has 0 bridgehead atoms. The van der Waals surface area contributed by atoms with E-state index in [4.69, 9.17) is 0 Å². The lowest BCUT2D eigenvalue weighted by atomic mass is 9.86. The van der Waals surface area contributed by atoms with E-state index in [1.165, 1.54) is 55.3 Å². The molecule has 10 aromatic rings. The third-order valence-electron chi connectivity index (χ3n) is 10.0. The maximum absolute atomic E-state index is 4.68. The second-order valence-electron chi connectivity index (χ2n) is 13.9. The molecule has 296 valence electrons. The van der Waals surface area contributed by atoms with Gasteiger partial charge in [-0.15, -0.1) is 0 Å². The number of benzene rings is 6. The van der Waals surface area contributed by atoms with Crippen molar-refractivity contribution in [1.29, 1.82) is 0 Å². The van der Waals surface area contributed by atoms with Crippen molar-refractivity contribution in [3.63, 3.8) is 0 Å². The molecule has 0 aliphatic rings. The maximum atomic E-state index is 4.68. The molecule has 4 heterocycles. The normalized spacial score (nSPS) is 10.8. The molecule has 6 nitrogen and oxygen atoms in total. The first-order valence-electron chi connectivity index (χ1n) is 20.2. The highest BCUT2D eigenvalue weighted by Gasteiger charge is 2.17. The van der Waals surface area contributed by atoms with Crippen LogP contribution in [-0.4, -0.2) is 29.9 Å².